The molecule has 0 aliphatic heterocycles. The first-order valence-electron chi connectivity index (χ1n) is 6.22. The highest BCUT2D eigenvalue weighted by Crippen LogP contribution is 2.26. The van der Waals surface area contributed by atoms with Gasteiger partial charge >= 0.3 is 0 Å². The standard InChI is InChI=1S/C13H14N6O/c1-7(2)20-9-3-8(4-15-5-9)10-11-12(17-6-16-11)19-13(14)18-10/h3-7H,1-2H3,(H3,14,16,17,18,19). The zero-order valence-electron chi connectivity index (χ0n) is 11.2. The minimum Gasteiger partial charge on any atom is -0.489 e. The first-order valence-corrected chi connectivity index (χ1v) is 6.22. The maximum Gasteiger partial charge on any atom is 0.222 e. The smallest absolute Gasteiger partial charge is 0.222 e. The molecular weight excluding hydrogens is 256 g/mol. The SMILES string of the molecule is CC(C)Oc1cncc(-c2nc(N)nc3nc[nH]c23)c1. The predicted molar refractivity (Wildman–Crippen MR) is 75.1 cm³/mol. The normalized spacial score (nSPS) is 11.2. The van der Waals surface area contributed by atoms with E-state index in [1.54, 1.807) is 18.7 Å². The maximum absolute atomic E-state index is 5.71. The van der Waals surface area contributed by atoms with Crippen LogP contribution >= 0.6 is 0 Å². The largest absolute Gasteiger partial charge is 0.489 e. The fourth-order valence-electron chi connectivity index (χ4n) is 1.94. The van der Waals surface area contributed by atoms with Gasteiger partial charge in [0.25, 0.3) is 0 Å². The number of aromatic amines is 1. The molecule has 3 N–H and O–H groups in total. The zero-order chi connectivity index (χ0) is 14.1. The Bertz CT molecular complexity index is 751. The molecule has 20 heavy (non-hydrogen) atoms. The van der Waals surface area contributed by atoms with Crippen LogP contribution in [0.3, 0.4) is 0 Å². The number of anilines is 1. The minimum absolute atomic E-state index is 0.0784. The summed E-state index contributed by atoms with van der Waals surface area (Å²) in [6, 6.07) is 1.87. The van der Waals surface area contributed by atoms with Gasteiger partial charge in [0.15, 0.2) is 5.65 Å². The van der Waals surface area contributed by atoms with Crippen LogP contribution in [0.5, 0.6) is 5.75 Å². The van der Waals surface area contributed by atoms with E-state index < -0.39 is 0 Å². The molecule has 0 spiro atoms. The van der Waals surface area contributed by atoms with Crippen molar-refractivity contribution in [3.05, 3.63) is 24.8 Å². The number of aromatic nitrogens is 5. The molecule has 0 bridgehead atoms. The van der Waals surface area contributed by atoms with Crippen molar-refractivity contribution in [1.29, 1.82) is 0 Å². The molecule has 0 amide bonds. The van der Waals surface area contributed by atoms with Crippen LogP contribution in [0.25, 0.3) is 22.4 Å². The van der Waals surface area contributed by atoms with Crippen LogP contribution in [-0.4, -0.2) is 31.0 Å². The van der Waals surface area contributed by atoms with Crippen LogP contribution in [-0.2, 0) is 0 Å². The molecule has 7 heteroatoms. The van der Waals surface area contributed by atoms with Gasteiger partial charge in [-0.15, -0.1) is 0 Å². The molecule has 0 aliphatic carbocycles. The van der Waals surface area contributed by atoms with Crippen molar-refractivity contribution in [1.82, 2.24) is 24.9 Å². The Hall–Kier alpha value is -2.70. The summed E-state index contributed by atoms with van der Waals surface area (Å²) in [4.78, 5) is 19.6. The van der Waals surface area contributed by atoms with Gasteiger partial charge in [-0.1, -0.05) is 0 Å². The summed E-state index contributed by atoms with van der Waals surface area (Å²) in [7, 11) is 0. The number of hydrogen-bond donors (Lipinski definition) is 2. The van der Waals surface area contributed by atoms with Gasteiger partial charge in [0.05, 0.1) is 18.6 Å². The Balaban J connectivity index is 2.13. The lowest BCUT2D eigenvalue weighted by atomic mass is 10.2. The quantitative estimate of drug-likeness (QED) is 0.752. The fourth-order valence-corrected chi connectivity index (χ4v) is 1.94. The highest BCUT2D eigenvalue weighted by Gasteiger charge is 2.12. The Morgan fingerprint density at radius 1 is 1.25 bits per heavy atom. The number of nitrogens with two attached hydrogens (primary N) is 1. The summed E-state index contributed by atoms with van der Waals surface area (Å²) >= 11 is 0. The van der Waals surface area contributed by atoms with Crippen molar-refractivity contribution in [2.45, 2.75) is 20.0 Å². The predicted octanol–water partition coefficient (Wildman–Crippen LogP) is 1.78. The topological polar surface area (TPSA) is 103 Å². The number of pyridine rings is 1. The lowest BCUT2D eigenvalue weighted by molar-refractivity contribution is 0.241. The third-order valence-corrected chi connectivity index (χ3v) is 2.66. The number of rotatable bonds is 3. The summed E-state index contributed by atoms with van der Waals surface area (Å²) in [5.41, 5.74) is 8.42. The molecule has 0 saturated heterocycles. The first kappa shape index (κ1) is 12.3. The molecule has 7 nitrogen and oxygen atoms in total. The molecule has 3 aromatic rings. The molecule has 0 radical (unpaired) electrons. The van der Waals surface area contributed by atoms with E-state index in [2.05, 4.69) is 24.9 Å². The van der Waals surface area contributed by atoms with Gasteiger partial charge in [-0.25, -0.2) is 9.97 Å². The Labute approximate surface area is 115 Å². The number of nitrogen functional groups attached to an aromatic ring is 1. The van der Waals surface area contributed by atoms with Crippen molar-refractivity contribution in [2.75, 3.05) is 5.73 Å². The molecule has 0 aliphatic rings. The Morgan fingerprint density at radius 2 is 2.10 bits per heavy atom. The van der Waals surface area contributed by atoms with Gasteiger partial charge in [0.1, 0.15) is 17.0 Å². The molecule has 3 heterocycles. The number of fused-ring (bicyclic) bond motifs is 1. The number of H-pyrrole nitrogens is 1. The first-order chi connectivity index (χ1) is 9.63. The number of ether oxygens (including phenoxy) is 1. The van der Waals surface area contributed by atoms with E-state index in [0.717, 1.165) is 11.1 Å². The van der Waals surface area contributed by atoms with Crippen molar-refractivity contribution < 1.29 is 4.74 Å². The van der Waals surface area contributed by atoms with Gasteiger partial charge in [-0.3, -0.25) is 4.98 Å². The van der Waals surface area contributed by atoms with E-state index in [0.29, 0.717) is 17.1 Å². The van der Waals surface area contributed by atoms with E-state index in [4.69, 9.17) is 10.5 Å². The van der Waals surface area contributed by atoms with E-state index in [9.17, 15) is 0 Å². The lowest BCUT2D eigenvalue weighted by Gasteiger charge is -2.10. The maximum atomic E-state index is 5.71. The van der Waals surface area contributed by atoms with Gasteiger partial charge < -0.3 is 15.5 Å². The number of imidazole rings is 1. The fraction of sp³-hybridized carbons (Fsp3) is 0.231. The van der Waals surface area contributed by atoms with E-state index >= 15 is 0 Å². The molecule has 3 aromatic heterocycles. The molecule has 0 atom stereocenters. The highest BCUT2D eigenvalue weighted by molar-refractivity contribution is 5.87. The third-order valence-electron chi connectivity index (χ3n) is 2.66. The van der Waals surface area contributed by atoms with Crippen LogP contribution in [0.2, 0.25) is 0 Å². The summed E-state index contributed by atoms with van der Waals surface area (Å²) in [6.07, 6.45) is 5.01. The minimum atomic E-state index is 0.0784. The van der Waals surface area contributed by atoms with Crippen molar-refractivity contribution in [3.8, 4) is 17.0 Å². The van der Waals surface area contributed by atoms with Gasteiger partial charge in [-0.05, 0) is 19.9 Å². The van der Waals surface area contributed by atoms with E-state index in [-0.39, 0.29) is 12.1 Å². The van der Waals surface area contributed by atoms with Crippen molar-refractivity contribution in [2.24, 2.45) is 0 Å². The molecule has 3 rings (SSSR count). The average Bonchev–Trinajstić information content (AvgIpc) is 2.85. The van der Waals surface area contributed by atoms with Crippen LogP contribution in [0.1, 0.15) is 13.8 Å². The van der Waals surface area contributed by atoms with Crippen LogP contribution < -0.4 is 10.5 Å². The van der Waals surface area contributed by atoms with Gasteiger partial charge in [-0.2, -0.15) is 4.98 Å². The second-order valence-electron chi connectivity index (χ2n) is 4.61. The van der Waals surface area contributed by atoms with Crippen LogP contribution in [0.15, 0.2) is 24.8 Å². The molecule has 0 fully saturated rings. The summed E-state index contributed by atoms with van der Waals surface area (Å²) in [6.45, 7) is 3.92. The van der Waals surface area contributed by atoms with Crippen molar-refractivity contribution >= 4 is 17.1 Å². The summed E-state index contributed by atoms with van der Waals surface area (Å²) in [5, 5.41) is 0. The third kappa shape index (κ3) is 2.25. The van der Waals surface area contributed by atoms with E-state index in [1.165, 1.54) is 0 Å². The van der Waals surface area contributed by atoms with Crippen LogP contribution in [0, 0.1) is 0 Å². The molecule has 0 saturated carbocycles. The molecule has 102 valence electrons. The van der Waals surface area contributed by atoms with E-state index in [1.807, 2.05) is 19.9 Å². The van der Waals surface area contributed by atoms with Crippen molar-refractivity contribution in [3.63, 3.8) is 0 Å². The Kier molecular flexibility index (Phi) is 2.94. The lowest BCUT2D eigenvalue weighted by Crippen LogP contribution is -2.06. The van der Waals surface area contributed by atoms with Crippen LogP contribution in [0.4, 0.5) is 5.95 Å². The Morgan fingerprint density at radius 3 is 2.90 bits per heavy atom. The van der Waals surface area contributed by atoms with Gasteiger partial charge in [0.2, 0.25) is 5.95 Å². The monoisotopic (exact) mass is 270 g/mol. The molecule has 0 unspecified atom stereocenters. The average molecular weight is 270 g/mol. The highest BCUT2D eigenvalue weighted by atomic mass is 16.5. The second-order valence-corrected chi connectivity index (χ2v) is 4.61. The summed E-state index contributed by atoms with van der Waals surface area (Å²) < 4.78 is 5.64. The number of nitrogens with zero attached hydrogens (tertiary/aromatic N) is 4. The van der Waals surface area contributed by atoms with Gasteiger partial charge in [0, 0.05) is 11.8 Å². The number of hydrogen-bond acceptors (Lipinski definition) is 6. The summed E-state index contributed by atoms with van der Waals surface area (Å²) in [5.74, 6) is 0.858. The number of nitrogens with one attached hydrogen (secondary N) is 1. The molecular formula is C13H14N6O. The second kappa shape index (κ2) is 4.76. The molecule has 0 aromatic carbocycles. The zero-order valence-corrected chi connectivity index (χ0v) is 11.2.